The summed E-state index contributed by atoms with van der Waals surface area (Å²) in [6.45, 7) is 6.28. The van der Waals surface area contributed by atoms with Crippen LogP contribution in [0.3, 0.4) is 0 Å². The normalized spacial score (nSPS) is 14.1. The molecule has 0 bridgehead atoms. The molecular formula is C52H89NO5. The maximum Gasteiger partial charge on any atom is 0.306 e. The van der Waals surface area contributed by atoms with E-state index < -0.39 is 18.2 Å². The van der Waals surface area contributed by atoms with Crippen LogP contribution in [-0.2, 0) is 14.3 Å². The monoisotopic (exact) mass is 808 g/mol. The van der Waals surface area contributed by atoms with Gasteiger partial charge in [-0.3, -0.25) is 9.59 Å². The van der Waals surface area contributed by atoms with Crippen molar-refractivity contribution < 1.29 is 24.5 Å². The third-order valence-corrected chi connectivity index (χ3v) is 10.3. The largest absolute Gasteiger partial charge is 0.462 e. The third-order valence-electron chi connectivity index (χ3n) is 10.3. The predicted octanol–water partition coefficient (Wildman–Crippen LogP) is 14.0. The average molecular weight is 808 g/mol. The zero-order chi connectivity index (χ0) is 42.4. The first-order chi connectivity index (χ1) is 28.5. The first-order valence-corrected chi connectivity index (χ1v) is 23.9. The molecule has 0 spiro atoms. The fourth-order valence-electron chi connectivity index (χ4n) is 6.69. The molecule has 3 unspecified atom stereocenters. The first-order valence-electron chi connectivity index (χ1n) is 23.9. The Labute approximate surface area is 357 Å². The zero-order valence-corrected chi connectivity index (χ0v) is 37.6. The number of allylic oxidation sites excluding steroid dienone is 14. The van der Waals surface area contributed by atoms with Gasteiger partial charge in [0.25, 0.3) is 0 Å². The van der Waals surface area contributed by atoms with Gasteiger partial charge in [-0.15, -0.1) is 0 Å². The van der Waals surface area contributed by atoms with E-state index in [0.29, 0.717) is 19.3 Å². The van der Waals surface area contributed by atoms with Crippen molar-refractivity contribution >= 4 is 11.9 Å². The summed E-state index contributed by atoms with van der Waals surface area (Å²) in [4.78, 5) is 26.0. The van der Waals surface area contributed by atoms with Gasteiger partial charge in [-0.1, -0.05) is 196 Å². The van der Waals surface area contributed by atoms with Crippen LogP contribution in [0.25, 0.3) is 0 Å². The van der Waals surface area contributed by atoms with E-state index >= 15 is 0 Å². The number of carbonyl (C=O) groups excluding carboxylic acids is 2. The Morgan fingerprint density at radius 3 is 1.62 bits per heavy atom. The van der Waals surface area contributed by atoms with E-state index in [0.717, 1.165) is 103 Å². The molecule has 0 aromatic heterocycles. The Kier molecular flexibility index (Phi) is 42.8. The van der Waals surface area contributed by atoms with Crippen molar-refractivity contribution in [1.29, 1.82) is 0 Å². The van der Waals surface area contributed by atoms with Crippen LogP contribution in [0, 0.1) is 0 Å². The first kappa shape index (κ1) is 55.0. The van der Waals surface area contributed by atoms with Crippen LogP contribution in [0.5, 0.6) is 0 Å². The minimum Gasteiger partial charge on any atom is -0.462 e. The second-order valence-corrected chi connectivity index (χ2v) is 15.9. The number of unbranched alkanes of at least 4 members (excludes halogenated alkanes) is 18. The highest BCUT2D eigenvalue weighted by molar-refractivity contribution is 5.77. The summed E-state index contributed by atoms with van der Waals surface area (Å²) in [7, 11) is 0. The van der Waals surface area contributed by atoms with E-state index in [9.17, 15) is 19.8 Å². The lowest BCUT2D eigenvalue weighted by Crippen LogP contribution is -2.46. The number of esters is 1. The van der Waals surface area contributed by atoms with Gasteiger partial charge < -0.3 is 20.3 Å². The third kappa shape index (κ3) is 39.8. The molecule has 0 aliphatic heterocycles. The molecule has 0 fully saturated rings. The van der Waals surface area contributed by atoms with Crippen molar-refractivity contribution in [2.45, 2.75) is 225 Å². The lowest BCUT2D eigenvalue weighted by molar-refractivity contribution is -0.151. The smallest absolute Gasteiger partial charge is 0.306 e. The SMILES string of the molecule is CC/C=C/C/C=C/C/C=C/CCCCCCC(=O)OC(CCCCC/C=C/C=C/C=C/C=C/CCCCC)CC(=O)NC(CO)C(O)CCCCCCCCCCC. The number of nitrogens with one attached hydrogen (secondary N) is 1. The molecular weight excluding hydrogens is 719 g/mol. The van der Waals surface area contributed by atoms with E-state index in [2.05, 4.69) is 92.9 Å². The minimum absolute atomic E-state index is 0.0378. The van der Waals surface area contributed by atoms with Crippen LogP contribution in [0.4, 0.5) is 0 Å². The molecule has 0 aliphatic carbocycles. The predicted molar refractivity (Wildman–Crippen MR) is 250 cm³/mol. The van der Waals surface area contributed by atoms with Crippen LogP contribution in [0.2, 0.25) is 0 Å². The molecule has 1 amide bonds. The molecule has 0 rings (SSSR count). The zero-order valence-electron chi connectivity index (χ0n) is 37.6. The lowest BCUT2D eigenvalue weighted by atomic mass is 10.0. The average Bonchev–Trinajstić information content (AvgIpc) is 3.22. The Morgan fingerprint density at radius 2 is 1.00 bits per heavy atom. The van der Waals surface area contributed by atoms with E-state index in [1.807, 2.05) is 18.2 Å². The van der Waals surface area contributed by atoms with Crippen LogP contribution in [-0.4, -0.2) is 46.9 Å². The van der Waals surface area contributed by atoms with Gasteiger partial charge >= 0.3 is 5.97 Å². The molecule has 0 aromatic carbocycles. The Morgan fingerprint density at radius 1 is 0.534 bits per heavy atom. The van der Waals surface area contributed by atoms with E-state index in [-0.39, 0.29) is 24.9 Å². The molecule has 6 nitrogen and oxygen atoms in total. The lowest BCUT2D eigenvalue weighted by Gasteiger charge is -2.24. The second-order valence-electron chi connectivity index (χ2n) is 15.9. The number of ether oxygens (including phenoxy) is 1. The topological polar surface area (TPSA) is 95.9 Å². The fraction of sp³-hybridized carbons (Fsp3) is 0.692. The van der Waals surface area contributed by atoms with Crippen LogP contribution >= 0.6 is 0 Å². The molecule has 58 heavy (non-hydrogen) atoms. The van der Waals surface area contributed by atoms with Crippen molar-refractivity contribution in [3.05, 3.63) is 85.1 Å². The molecule has 332 valence electrons. The van der Waals surface area contributed by atoms with Gasteiger partial charge in [-0.05, 0) is 83.5 Å². The van der Waals surface area contributed by atoms with Gasteiger partial charge in [-0.25, -0.2) is 0 Å². The van der Waals surface area contributed by atoms with Crippen molar-refractivity contribution in [2.75, 3.05) is 6.61 Å². The van der Waals surface area contributed by atoms with Gasteiger partial charge in [-0.2, -0.15) is 0 Å². The van der Waals surface area contributed by atoms with E-state index in [4.69, 9.17) is 4.74 Å². The Bertz CT molecular complexity index is 1130. The summed E-state index contributed by atoms with van der Waals surface area (Å²) in [5.41, 5.74) is 0. The summed E-state index contributed by atoms with van der Waals surface area (Å²) in [5, 5.41) is 23.6. The van der Waals surface area contributed by atoms with Gasteiger partial charge in [0.2, 0.25) is 5.91 Å². The van der Waals surface area contributed by atoms with Crippen LogP contribution in [0.1, 0.15) is 207 Å². The van der Waals surface area contributed by atoms with Crippen LogP contribution < -0.4 is 5.32 Å². The van der Waals surface area contributed by atoms with Crippen molar-refractivity contribution in [2.24, 2.45) is 0 Å². The molecule has 3 N–H and O–H groups in total. The summed E-state index contributed by atoms with van der Waals surface area (Å²) in [6, 6.07) is -0.722. The maximum absolute atomic E-state index is 13.1. The van der Waals surface area contributed by atoms with E-state index in [1.54, 1.807) is 0 Å². The van der Waals surface area contributed by atoms with Crippen LogP contribution in [0.15, 0.2) is 85.1 Å². The molecule has 6 heteroatoms. The number of aliphatic hydroxyl groups is 2. The van der Waals surface area contributed by atoms with Gasteiger partial charge in [0.05, 0.1) is 25.2 Å². The maximum atomic E-state index is 13.1. The highest BCUT2D eigenvalue weighted by Crippen LogP contribution is 2.16. The second kappa shape index (κ2) is 45.1. The summed E-state index contributed by atoms with van der Waals surface area (Å²) >= 11 is 0. The van der Waals surface area contributed by atoms with Gasteiger partial charge in [0.1, 0.15) is 6.10 Å². The summed E-state index contributed by atoms with van der Waals surface area (Å²) < 4.78 is 5.89. The highest BCUT2D eigenvalue weighted by Gasteiger charge is 2.24. The Hall–Kier alpha value is -2.96. The molecule has 0 saturated carbocycles. The number of hydrogen-bond acceptors (Lipinski definition) is 5. The number of amides is 1. The number of hydrogen-bond donors (Lipinski definition) is 3. The standard InChI is InChI=1S/C52H89NO5/c1-4-7-10-13-16-19-21-23-25-26-27-29-32-34-37-40-43-48(58-52(57)45-42-39-36-33-30-28-24-22-20-17-14-11-8-5-2)46-51(56)53-49(47-54)50(55)44-41-38-35-31-18-15-12-9-6-3/h8,11,16-17,19-21,23-29,48-50,54-55H,4-7,9-10,12-15,18,22,30-47H2,1-3H3,(H,53,56)/b11-8+,19-16+,20-17+,23-21+,26-25+,28-24+,29-27+. The van der Waals surface area contributed by atoms with Crippen molar-refractivity contribution in [3.63, 3.8) is 0 Å². The number of rotatable bonds is 41. The number of carbonyl (C=O) groups is 2. The fourth-order valence-corrected chi connectivity index (χ4v) is 6.69. The highest BCUT2D eigenvalue weighted by atomic mass is 16.5. The quantitative estimate of drug-likeness (QED) is 0.0247. The molecule has 0 aromatic rings. The number of aliphatic hydroxyl groups excluding tert-OH is 2. The van der Waals surface area contributed by atoms with E-state index in [1.165, 1.54) is 57.8 Å². The molecule has 0 saturated heterocycles. The minimum atomic E-state index is -0.805. The molecule has 0 radical (unpaired) electrons. The summed E-state index contributed by atoms with van der Waals surface area (Å²) in [5.74, 6) is -0.547. The van der Waals surface area contributed by atoms with Gasteiger partial charge in [0, 0.05) is 6.42 Å². The van der Waals surface area contributed by atoms with Crippen molar-refractivity contribution in [1.82, 2.24) is 5.32 Å². The Balaban J connectivity index is 4.76. The molecule has 0 heterocycles. The van der Waals surface area contributed by atoms with Crippen molar-refractivity contribution in [3.8, 4) is 0 Å². The molecule has 0 aliphatic rings. The summed E-state index contributed by atoms with van der Waals surface area (Å²) in [6.07, 6.45) is 57.8. The molecule has 3 atom stereocenters. The van der Waals surface area contributed by atoms with Gasteiger partial charge in [0.15, 0.2) is 0 Å².